The summed E-state index contributed by atoms with van der Waals surface area (Å²) in [4.78, 5) is 30.7. The lowest BCUT2D eigenvalue weighted by Gasteiger charge is -2.15. The van der Waals surface area contributed by atoms with Crippen LogP contribution in [0.25, 0.3) is 22.2 Å². The number of ketones is 1. The quantitative estimate of drug-likeness (QED) is 0.274. The molecule has 0 radical (unpaired) electrons. The van der Waals surface area contributed by atoms with Crippen LogP contribution in [0.5, 0.6) is 0 Å². The zero-order chi connectivity index (χ0) is 22.7. The molecule has 0 aliphatic rings. The van der Waals surface area contributed by atoms with Crippen LogP contribution in [0.2, 0.25) is 0 Å². The Morgan fingerprint density at radius 1 is 0.938 bits per heavy atom. The highest BCUT2D eigenvalue weighted by Gasteiger charge is 2.22. The molecule has 0 aliphatic carbocycles. The van der Waals surface area contributed by atoms with Crippen LogP contribution in [-0.2, 0) is 11.2 Å². The molecule has 4 rings (SSSR count). The lowest BCUT2D eigenvalue weighted by atomic mass is 10.0. The number of ether oxygens (including phenoxy) is 1. The second-order valence-electron chi connectivity index (χ2n) is 7.90. The Kier molecular flexibility index (Phi) is 6.13. The van der Waals surface area contributed by atoms with E-state index in [4.69, 9.17) is 9.72 Å². The van der Waals surface area contributed by atoms with Crippen molar-refractivity contribution in [2.75, 3.05) is 0 Å². The van der Waals surface area contributed by atoms with Crippen molar-refractivity contribution in [2.24, 2.45) is 0 Å². The first-order valence-corrected chi connectivity index (χ1v) is 10.8. The SMILES string of the molecule is CCc1ccc(C(=O)C(C)OC(=O)c2cc(-c3ccc(C)cc3)nc3ccccc23)cc1. The van der Waals surface area contributed by atoms with E-state index < -0.39 is 12.1 Å². The van der Waals surface area contributed by atoms with Gasteiger partial charge in [0, 0.05) is 16.5 Å². The Balaban J connectivity index is 1.64. The Morgan fingerprint density at radius 2 is 1.62 bits per heavy atom. The van der Waals surface area contributed by atoms with Crippen LogP contribution < -0.4 is 0 Å². The first-order valence-electron chi connectivity index (χ1n) is 10.8. The maximum atomic E-state index is 13.1. The Labute approximate surface area is 187 Å². The molecule has 1 unspecified atom stereocenters. The normalized spacial score (nSPS) is 11.8. The van der Waals surface area contributed by atoms with Crippen molar-refractivity contribution >= 4 is 22.7 Å². The molecule has 32 heavy (non-hydrogen) atoms. The molecule has 1 heterocycles. The fraction of sp³-hybridized carbons (Fsp3) is 0.179. The maximum absolute atomic E-state index is 13.1. The molecule has 0 N–H and O–H groups in total. The molecular weight excluding hydrogens is 398 g/mol. The highest BCUT2D eigenvalue weighted by atomic mass is 16.5. The molecule has 0 bridgehead atoms. The number of rotatable bonds is 6. The molecular formula is C28H25NO3. The Hall–Kier alpha value is -3.79. The highest BCUT2D eigenvalue weighted by molar-refractivity contribution is 6.06. The number of carbonyl (C=O) groups excluding carboxylic acids is 2. The van der Waals surface area contributed by atoms with Gasteiger partial charge in [-0.3, -0.25) is 4.79 Å². The number of hydrogen-bond donors (Lipinski definition) is 0. The van der Waals surface area contributed by atoms with E-state index in [1.165, 1.54) is 0 Å². The predicted octanol–water partition coefficient (Wildman–Crippen LogP) is 6.20. The number of aryl methyl sites for hydroxylation is 2. The number of Topliss-reactive ketones (excluding diaryl/α,β-unsaturated/α-hetero) is 1. The standard InChI is InChI=1S/C28H25NO3/c1-4-20-11-15-22(16-12-20)27(30)19(3)32-28(31)24-17-26(21-13-9-18(2)10-14-21)29-25-8-6-5-7-23(24)25/h5-17,19H,4H2,1-3H3. The van der Waals surface area contributed by atoms with E-state index in [0.717, 1.165) is 23.1 Å². The number of carbonyl (C=O) groups is 2. The Morgan fingerprint density at radius 3 is 2.31 bits per heavy atom. The number of esters is 1. The fourth-order valence-electron chi connectivity index (χ4n) is 3.63. The summed E-state index contributed by atoms with van der Waals surface area (Å²) >= 11 is 0. The minimum atomic E-state index is -0.898. The molecule has 4 nitrogen and oxygen atoms in total. The van der Waals surface area contributed by atoms with Gasteiger partial charge in [0.1, 0.15) is 0 Å². The molecule has 0 spiro atoms. The van der Waals surface area contributed by atoms with Gasteiger partial charge in [-0.1, -0.05) is 79.2 Å². The largest absolute Gasteiger partial charge is 0.451 e. The molecule has 3 aromatic carbocycles. The van der Waals surface area contributed by atoms with Crippen molar-refractivity contribution < 1.29 is 14.3 Å². The van der Waals surface area contributed by atoms with Crippen LogP contribution in [0.15, 0.2) is 78.9 Å². The maximum Gasteiger partial charge on any atom is 0.339 e. The number of aromatic nitrogens is 1. The lowest BCUT2D eigenvalue weighted by Crippen LogP contribution is -2.24. The predicted molar refractivity (Wildman–Crippen MR) is 127 cm³/mol. The molecule has 0 aliphatic heterocycles. The van der Waals surface area contributed by atoms with Crippen LogP contribution >= 0.6 is 0 Å². The summed E-state index contributed by atoms with van der Waals surface area (Å²) in [7, 11) is 0. The van der Waals surface area contributed by atoms with E-state index in [9.17, 15) is 9.59 Å². The second-order valence-corrected chi connectivity index (χ2v) is 7.90. The monoisotopic (exact) mass is 423 g/mol. The minimum absolute atomic E-state index is 0.224. The van der Waals surface area contributed by atoms with Crippen molar-refractivity contribution in [3.05, 3.63) is 101 Å². The van der Waals surface area contributed by atoms with E-state index in [0.29, 0.717) is 27.7 Å². The molecule has 0 fully saturated rings. The number of nitrogens with zero attached hydrogens (tertiary/aromatic N) is 1. The topological polar surface area (TPSA) is 56.3 Å². The average Bonchev–Trinajstić information content (AvgIpc) is 2.83. The summed E-state index contributed by atoms with van der Waals surface area (Å²) in [5, 5.41) is 0.695. The minimum Gasteiger partial charge on any atom is -0.451 e. The molecule has 4 aromatic rings. The Bertz CT molecular complexity index is 1270. The van der Waals surface area contributed by atoms with E-state index in [-0.39, 0.29) is 5.78 Å². The second kappa shape index (κ2) is 9.15. The summed E-state index contributed by atoms with van der Waals surface area (Å²) < 4.78 is 5.61. The number of para-hydroxylation sites is 1. The van der Waals surface area contributed by atoms with Gasteiger partial charge in [0.15, 0.2) is 6.10 Å². The smallest absolute Gasteiger partial charge is 0.339 e. The third-order valence-electron chi connectivity index (χ3n) is 5.58. The van der Waals surface area contributed by atoms with Crippen LogP contribution in [0.4, 0.5) is 0 Å². The zero-order valence-electron chi connectivity index (χ0n) is 18.5. The third kappa shape index (κ3) is 4.45. The fourth-order valence-corrected chi connectivity index (χ4v) is 3.63. The summed E-state index contributed by atoms with van der Waals surface area (Å²) in [6, 6.07) is 24.6. The molecule has 0 saturated heterocycles. The summed E-state index contributed by atoms with van der Waals surface area (Å²) in [6.07, 6.45) is 0.00184. The van der Waals surface area contributed by atoms with Gasteiger partial charge in [-0.05, 0) is 38.0 Å². The van der Waals surface area contributed by atoms with Gasteiger partial charge >= 0.3 is 5.97 Å². The first kappa shape index (κ1) is 21.4. The molecule has 4 heteroatoms. The van der Waals surface area contributed by atoms with Crippen molar-refractivity contribution in [1.82, 2.24) is 4.98 Å². The first-order chi connectivity index (χ1) is 15.5. The molecule has 160 valence electrons. The summed E-state index contributed by atoms with van der Waals surface area (Å²) in [5.74, 6) is -0.763. The number of pyridine rings is 1. The van der Waals surface area contributed by atoms with Crippen molar-refractivity contribution in [1.29, 1.82) is 0 Å². The number of benzene rings is 3. The van der Waals surface area contributed by atoms with E-state index in [1.807, 2.05) is 67.6 Å². The van der Waals surface area contributed by atoms with Crippen molar-refractivity contribution in [3.63, 3.8) is 0 Å². The van der Waals surface area contributed by atoms with Crippen LogP contribution in [0, 0.1) is 6.92 Å². The van der Waals surface area contributed by atoms with Gasteiger partial charge in [0.25, 0.3) is 0 Å². The molecule has 1 atom stereocenters. The van der Waals surface area contributed by atoms with Crippen LogP contribution in [-0.4, -0.2) is 22.8 Å². The number of fused-ring (bicyclic) bond motifs is 1. The average molecular weight is 424 g/mol. The van der Waals surface area contributed by atoms with Crippen molar-refractivity contribution in [3.8, 4) is 11.3 Å². The van der Waals surface area contributed by atoms with Crippen molar-refractivity contribution in [2.45, 2.75) is 33.3 Å². The van der Waals surface area contributed by atoms with E-state index >= 15 is 0 Å². The number of hydrogen-bond acceptors (Lipinski definition) is 4. The van der Waals surface area contributed by atoms with Gasteiger partial charge in [0.2, 0.25) is 5.78 Å². The summed E-state index contributed by atoms with van der Waals surface area (Å²) in [6.45, 7) is 5.69. The van der Waals surface area contributed by atoms with Gasteiger partial charge in [-0.15, -0.1) is 0 Å². The summed E-state index contributed by atoms with van der Waals surface area (Å²) in [5.41, 5.74) is 5.52. The van der Waals surface area contributed by atoms with Gasteiger partial charge in [0.05, 0.1) is 16.8 Å². The van der Waals surface area contributed by atoms with E-state index in [2.05, 4.69) is 6.92 Å². The van der Waals surface area contributed by atoms with Crippen LogP contribution in [0.1, 0.15) is 45.7 Å². The van der Waals surface area contributed by atoms with Gasteiger partial charge < -0.3 is 4.74 Å². The highest BCUT2D eigenvalue weighted by Crippen LogP contribution is 2.26. The molecule has 0 saturated carbocycles. The molecule has 1 aromatic heterocycles. The zero-order valence-corrected chi connectivity index (χ0v) is 18.5. The van der Waals surface area contributed by atoms with E-state index in [1.54, 1.807) is 25.1 Å². The molecule has 0 amide bonds. The van der Waals surface area contributed by atoms with Gasteiger partial charge in [-0.2, -0.15) is 0 Å². The van der Waals surface area contributed by atoms with Gasteiger partial charge in [-0.25, -0.2) is 9.78 Å². The van der Waals surface area contributed by atoms with Crippen LogP contribution in [0.3, 0.4) is 0 Å². The third-order valence-corrected chi connectivity index (χ3v) is 5.58. The lowest BCUT2D eigenvalue weighted by molar-refractivity contribution is 0.0320.